The van der Waals surface area contributed by atoms with Gasteiger partial charge in [0.25, 0.3) is 0 Å². The standard InChI is InChI=1S/C23H25ClN2O4/c24-18-3-1-4-19(16-18)25-9-11-26(12-10-25)23(28)8-6-20(27)17-5-7-21-22(15-17)30-14-2-13-29-21/h1,3-5,7,15-16H,2,6,8-14H2. The lowest BCUT2D eigenvalue weighted by Gasteiger charge is -2.36. The first-order valence-corrected chi connectivity index (χ1v) is 10.7. The molecule has 6 nitrogen and oxygen atoms in total. The van der Waals surface area contributed by atoms with Crippen molar-refractivity contribution in [2.45, 2.75) is 19.3 Å². The molecule has 2 aromatic rings. The molecular formula is C23H25ClN2O4. The molecule has 1 fully saturated rings. The molecule has 0 aliphatic carbocycles. The molecule has 2 aromatic carbocycles. The fraction of sp³-hybridized carbons (Fsp3) is 0.391. The maximum Gasteiger partial charge on any atom is 0.223 e. The summed E-state index contributed by atoms with van der Waals surface area (Å²) < 4.78 is 11.2. The van der Waals surface area contributed by atoms with E-state index in [1.165, 1.54) is 0 Å². The van der Waals surface area contributed by atoms with E-state index in [1.54, 1.807) is 18.2 Å². The minimum atomic E-state index is -0.0587. The van der Waals surface area contributed by atoms with Gasteiger partial charge in [0.2, 0.25) is 5.91 Å². The van der Waals surface area contributed by atoms with Gasteiger partial charge in [0.15, 0.2) is 17.3 Å². The molecule has 158 valence electrons. The van der Waals surface area contributed by atoms with Gasteiger partial charge >= 0.3 is 0 Å². The number of rotatable bonds is 5. The lowest BCUT2D eigenvalue weighted by atomic mass is 10.1. The van der Waals surface area contributed by atoms with E-state index in [0.29, 0.717) is 48.4 Å². The van der Waals surface area contributed by atoms with Crippen LogP contribution in [0.5, 0.6) is 11.5 Å². The number of nitrogens with zero attached hydrogens (tertiary/aromatic N) is 2. The van der Waals surface area contributed by atoms with Crippen LogP contribution in [-0.2, 0) is 4.79 Å². The number of carbonyl (C=O) groups is 2. The summed E-state index contributed by atoms with van der Waals surface area (Å²) in [6.07, 6.45) is 1.22. The highest BCUT2D eigenvalue weighted by Crippen LogP contribution is 2.31. The van der Waals surface area contributed by atoms with Crippen LogP contribution in [0.25, 0.3) is 0 Å². The second-order valence-electron chi connectivity index (χ2n) is 7.48. The zero-order valence-electron chi connectivity index (χ0n) is 16.8. The number of hydrogen-bond acceptors (Lipinski definition) is 5. The first-order chi connectivity index (χ1) is 14.6. The molecular weight excluding hydrogens is 404 g/mol. The highest BCUT2D eigenvalue weighted by Gasteiger charge is 2.22. The summed E-state index contributed by atoms with van der Waals surface area (Å²) in [5, 5.41) is 0.708. The minimum absolute atomic E-state index is 0.0171. The van der Waals surface area contributed by atoms with Crippen LogP contribution in [0.15, 0.2) is 42.5 Å². The molecule has 1 saturated heterocycles. The average molecular weight is 429 g/mol. The second kappa shape index (κ2) is 9.39. The van der Waals surface area contributed by atoms with Crippen molar-refractivity contribution in [2.24, 2.45) is 0 Å². The molecule has 0 saturated carbocycles. The summed E-state index contributed by atoms with van der Waals surface area (Å²) in [4.78, 5) is 29.2. The van der Waals surface area contributed by atoms with E-state index >= 15 is 0 Å². The maximum absolute atomic E-state index is 12.6. The van der Waals surface area contributed by atoms with E-state index in [2.05, 4.69) is 4.90 Å². The molecule has 7 heteroatoms. The third-order valence-electron chi connectivity index (χ3n) is 5.44. The molecule has 0 spiro atoms. The van der Waals surface area contributed by atoms with Crippen LogP contribution in [0.1, 0.15) is 29.6 Å². The van der Waals surface area contributed by atoms with Gasteiger partial charge in [0.05, 0.1) is 13.2 Å². The first kappa shape index (κ1) is 20.5. The normalized spacial score (nSPS) is 16.2. The predicted molar refractivity (Wildman–Crippen MR) is 116 cm³/mol. The Morgan fingerprint density at radius 2 is 1.67 bits per heavy atom. The van der Waals surface area contributed by atoms with Crippen LogP contribution in [0.4, 0.5) is 5.69 Å². The predicted octanol–water partition coefficient (Wildman–Crippen LogP) is 3.81. The highest BCUT2D eigenvalue weighted by molar-refractivity contribution is 6.30. The van der Waals surface area contributed by atoms with Crippen molar-refractivity contribution >= 4 is 29.0 Å². The molecule has 2 aliphatic rings. The lowest BCUT2D eigenvalue weighted by Crippen LogP contribution is -2.48. The fourth-order valence-electron chi connectivity index (χ4n) is 3.75. The SMILES string of the molecule is O=C(CCC(=O)N1CCN(c2cccc(Cl)c2)CC1)c1ccc2c(c1)OCCCO2. The minimum Gasteiger partial charge on any atom is -0.490 e. The monoisotopic (exact) mass is 428 g/mol. The second-order valence-corrected chi connectivity index (χ2v) is 7.92. The Hall–Kier alpha value is -2.73. The topological polar surface area (TPSA) is 59.1 Å². The quantitative estimate of drug-likeness (QED) is 0.678. The molecule has 0 bridgehead atoms. The van der Waals surface area contributed by atoms with Crippen molar-refractivity contribution in [3.8, 4) is 11.5 Å². The molecule has 0 atom stereocenters. The molecule has 30 heavy (non-hydrogen) atoms. The maximum atomic E-state index is 12.6. The molecule has 0 aromatic heterocycles. The third kappa shape index (κ3) is 4.87. The van der Waals surface area contributed by atoms with Crippen LogP contribution in [0.2, 0.25) is 5.02 Å². The number of Topliss-reactive ketones (excluding diaryl/α,β-unsaturated/α-hetero) is 1. The van der Waals surface area contributed by atoms with Gasteiger partial charge in [-0.15, -0.1) is 0 Å². The average Bonchev–Trinajstić information content (AvgIpc) is 3.02. The number of benzene rings is 2. The van der Waals surface area contributed by atoms with Gasteiger partial charge in [0.1, 0.15) is 0 Å². The molecule has 4 rings (SSSR count). The molecule has 1 amide bonds. The van der Waals surface area contributed by atoms with Gasteiger partial charge in [-0.3, -0.25) is 9.59 Å². The van der Waals surface area contributed by atoms with Crippen molar-refractivity contribution < 1.29 is 19.1 Å². The Balaban J connectivity index is 1.28. The molecule has 0 radical (unpaired) electrons. The van der Waals surface area contributed by atoms with Gasteiger partial charge in [-0.1, -0.05) is 17.7 Å². The summed E-state index contributed by atoms with van der Waals surface area (Å²) in [7, 11) is 0. The Labute approximate surface area is 181 Å². The third-order valence-corrected chi connectivity index (χ3v) is 5.68. The number of fused-ring (bicyclic) bond motifs is 1. The van der Waals surface area contributed by atoms with Crippen molar-refractivity contribution in [3.63, 3.8) is 0 Å². The van der Waals surface area contributed by atoms with Crippen molar-refractivity contribution in [1.29, 1.82) is 0 Å². The summed E-state index contributed by atoms with van der Waals surface area (Å²) in [5.74, 6) is 1.22. The van der Waals surface area contributed by atoms with Crippen LogP contribution in [0.3, 0.4) is 0 Å². The van der Waals surface area contributed by atoms with Gasteiger partial charge in [0, 0.05) is 61.7 Å². The van der Waals surface area contributed by atoms with E-state index in [-0.39, 0.29) is 24.5 Å². The van der Waals surface area contributed by atoms with Crippen LogP contribution < -0.4 is 14.4 Å². The van der Waals surface area contributed by atoms with Crippen LogP contribution in [-0.4, -0.2) is 56.0 Å². The molecule has 0 unspecified atom stereocenters. The van der Waals surface area contributed by atoms with Crippen molar-refractivity contribution in [2.75, 3.05) is 44.3 Å². The van der Waals surface area contributed by atoms with Gasteiger partial charge in [-0.25, -0.2) is 0 Å². The zero-order valence-corrected chi connectivity index (χ0v) is 17.6. The smallest absolute Gasteiger partial charge is 0.223 e. The highest BCUT2D eigenvalue weighted by atomic mass is 35.5. The molecule has 0 N–H and O–H groups in total. The number of ether oxygens (including phenoxy) is 2. The number of anilines is 1. The van der Waals surface area contributed by atoms with Crippen LogP contribution in [0, 0.1) is 0 Å². The molecule has 2 heterocycles. The van der Waals surface area contributed by atoms with Crippen molar-refractivity contribution in [3.05, 3.63) is 53.1 Å². The van der Waals surface area contributed by atoms with E-state index in [4.69, 9.17) is 21.1 Å². The number of piperazine rings is 1. The Morgan fingerprint density at radius 3 is 2.43 bits per heavy atom. The largest absolute Gasteiger partial charge is 0.490 e. The van der Waals surface area contributed by atoms with Gasteiger partial charge < -0.3 is 19.3 Å². The van der Waals surface area contributed by atoms with E-state index < -0.39 is 0 Å². The summed E-state index contributed by atoms with van der Waals surface area (Å²) >= 11 is 6.07. The summed E-state index contributed by atoms with van der Waals surface area (Å²) in [5.41, 5.74) is 1.62. The Kier molecular flexibility index (Phi) is 6.43. The van der Waals surface area contributed by atoms with E-state index in [9.17, 15) is 9.59 Å². The zero-order chi connectivity index (χ0) is 20.9. The first-order valence-electron chi connectivity index (χ1n) is 10.3. The number of amides is 1. The van der Waals surface area contributed by atoms with Gasteiger partial charge in [-0.05, 0) is 36.4 Å². The lowest BCUT2D eigenvalue weighted by molar-refractivity contribution is -0.131. The summed E-state index contributed by atoms with van der Waals surface area (Å²) in [6.45, 7) is 3.97. The fourth-order valence-corrected chi connectivity index (χ4v) is 3.93. The van der Waals surface area contributed by atoms with Crippen LogP contribution >= 0.6 is 11.6 Å². The number of carbonyl (C=O) groups excluding carboxylic acids is 2. The van der Waals surface area contributed by atoms with E-state index in [0.717, 1.165) is 25.2 Å². The Morgan fingerprint density at radius 1 is 0.900 bits per heavy atom. The van der Waals surface area contributed by atoms with E-state index in [1.807, 2.05) is 29.2 Å². The number of hydrogen-bond donors (Lipinski definition) is 0. The number of halogens is 1. The number of ketones is 1. The molecule has 2 aliphatic heterocycles. The summed E-state index contributed by atoms with van der Waals surface area (Å²) in [6, 6.07) is 13.0. The van der Waals surface area contributed by atoms with Crippen molar-refractivity contribution in [1.82, 2.24) is 4.90 Å². The van der Waals surface area contributed by atoms with Gasteiger partial charge in [-0.2, -0.15) is 0 Å². The Bertz CT molecular complexity index is 925.